The second-order valence-electron chi connectivity index (χ2n) is 3.14. The fourth-order valence-corrected chi connectivity index (χ4v) is 1.96. The summed E-state index contributed by atoms with van der Waals surface area (Å²) in [5.41, 5.74) is 2.23. The van der Waals surface area contributed by atoms with Gasteiger partial charge < -0.3 is 4.74 Å². The summed E-state index contributed by atoms with van der Waals surface area (Å²) in [6.45, 7) is 0.765. The molecular formula is C11H9ClO2. The van der Waals surface area contributed by atoms with Crippen molar-refractivity contribution in [3.05, 3.63) is 40.4 Å². The van der Waals surface area contributed by atoms with Crippen molar-refractivity contribution in [2.45, 2.75) is 5.92 Å². The molecule has 0 N–H and O–H groups in total. The lowest BCUT2D eigenvalue weighted by Gasteiger charge is -2.10. The van der Waals surface area contributed by atoms with E-state index in [1.54, 1.807) is 0 Å². The zero-order valence-corrected chi connectivity index (χ0v) is 8.20. The van der Waals surface area contributed by atoms with E-state index in [-0.39, 0.29) is 5.92 Å². The third-order valence-electron chi connectivity index (χ3n) is 2.33. The van der Waals surface area contributed by atoms with Gasteiger partial charge >= 0.3 is 0 Å². The van der Waals surface area contributed by atoms with Gasteiger partial charge in [0.05, 0.1) is 5.92 Å². The number of halogens is 1. The van der Waals surface area contributed by atoms with E-state index < -0.39 is 0 Å². The van der Waals surface area contributed by atoms with Crippen molar-refractivity contribution in [3.8, 4) is 0 Å². The minimum absolute atomic E-state index is 0.0121. The molecule has 1 aromatic rings. The molecule has 0 radical (unpaired) electrons. The number of ether oxygens (including phenoxy) is 1. The van der Waals surface area contributed by atoms with Crippen LogP contribution in [0.25, 0.3) is 6.08 Å². The van der Waals surface area contributed by atoms with E-state index in [4.69, 9.17) is 16.3 Å². The fourth-order valence-electron chi connectivity index (χ4n) is 1.66. The summed E-state index contributed by atoms with van der Waals surface area (Å²) in [4.78, 5) is 10.1. The average Bonchev–Trinajstić information content (AvgIpc) is 2.51. The Morgan fingerprint density at radius 3 is 3.00 bits per heavy atom. The van der Waals surface area contributed by atoms with Crippen LogP contribution in [0.2, 0.25) is 0 Å². The second-order valence-corrected chi connectivity index (χ2v) is 3.58. The van der Waals surface area contributed by atoms with Gasteiger partial charge in [0.2, 0.25) is 0 Å². The molecule has 2 nitrogen and oxygen atoms in total. The zero-order chi connectivity index (χ0) is 9.97. The maximum absolute atomic E-state index is 10.1. The molecule has 0 saturated heterocycles. The summed E-state index contributed by atoms with van der Waals surface area (Å²) in [5.74, 6) is 0.0121. The quantitative estimate of drug-likeness (QED) is 0.714. The van der Waals surface area contributed by atoms with Crippen molar-refractivity contribution < 1.29 is 9.53 Å². The Bertz CT molecular complexity index is 385. The molecule has 0 bridgehead atoms. The molecule has 0 aromatic heterocycles. The molecule has 0 aliphatic heterocycles. The smallest absolute Gasteiger partial charge is 0.293 e. The van der Waals surface area contributed by atoms with Crippen LogP contribution in [0.3, 0.4) is 0 Å². The molecule has 0 heterocycles. The van der Waals surface area contributed by atoms with E-state index in [2.05, 4.69) is 0 Å². The van der Waals surface area contributed by atoms with Gasteiger partial charge in [-0.25, -0.2) is 0 Å². The summed E-state index contributed by atoms with van der Waals surface area (Å²) >= 11 is 6.04. The Hall–Kier alpha value is -1.28. The first-order valence-corrected chi connectivity index (χ1v) is 4.72. The number of hydrogen-bond donors (Lipinski definition) is 0. The monoisotopic (exact) mass is 208 g/mol. The first-order valence-electron chi connectivity index (χ1n) is 4.34. The Morgan fingerprint density at radius 1 is 1.43 bits per heavy atom. The molecule has 1 aromatic carbocycles. The first-order chi connectivity index (χ1) is 6.83. The molecule has 0 saturated carbocycles. The molecule has 0 amide bonds. The van der Waals surface area contributed by atoms with Gasteiger partial charge in [0.1, 0.15) is 6.61 Å². The van der Waals surface area contributed by atoms with Crippen molar-refractivity contribution in [1.82, 2.24) is 0 Å². The average molecular weight is 209 g/mol. The van der Waals surface area contributed by atoms with Crippen LogP contribution < -0.4 is 0 Å². The van der Waals surface area contributed by atoms with Gasteiger partial charge in [-0.3, -0.25) is 4.79 Å². The van der Waals surface area contributed by atoms with Gasteiger partial charge in [0.15, 0.2) is 0 Å². The van der Waals surface area contributed by atoms with E-state index in [0.717, 1.165) is 16.2 Å². The highest BCUT2D eigenvalue weighted by Crippen LogP contribution is 2.38. The molecule has 0 fully saturated rings. The number of fused-ring (bicyclic) bond motifs is 1. The second kappa shape index (κ2) is 3.84. The number of benzene rings is 1. The van der Waals surface area contributed by atoms with Gasteiger partial charge in [0, 0.05) is 5.03 Å². The molecule has 1 aliphatic carbocycles. The van der Waals surface area contributed by atoms with Crippen molar-refractivity contribution in [2.24, 2.45) is 0 Å². The van der Waals surface area contributed by atoms with Crippen molar-refractivity contribution in [1.29, 1.82) is 0 Å². The Balaban J connectivity index is 2.27. The summed E-state index contributed by atoms with van der Waals surface area (Å²) < 4.78 is 4.74. The van der Waals surface area contributed by atoms with Gasteiger partial charge in [-0.05, 0) is 17.2 Å². The summed E-state index contributed by atoms with van der Waals surface area (Å²) in [6, 6.07) is 7.91. The largest absolute Gasteiger partial charge is 0.467 e. The van der Waals surface area contributed by atoms with Crippen LogP contribution >= 0.6 is 11.6 Å². The number of carbonyl (C=O) groups excluding carboxylic acids is 1. The Labute approximate surface area is 87.1 Å². The number of hydrogen-bond acceptors (Lipinski definition) is 2. The Kier molecular flexibility index (Phi) is 2.55. The maximum Gasteiger partial charge on any atom is 0.293 e. The van der Waals surface area contributed by atoms with Crippen LogP contribution in [0.15, 0.2) is 29.3 Å². The summed E-state index contributed by atoms with van der Waals surface area (Å²) in [6.07, 6.45) is 1.91. The van der Waals surface area contributed by atoms with Crippen molar-refractivity contribution in [3.63, 3.8) is 0 Å². The van der Waals surface area contributed by atoms with Gasteiger partial charge in [-0.1, -0.05) is 35.9 Å². The highest BCUT2D eigenvalue weighted by molar-refractivity contribution is 6.33. The lowest BCUT2D eigenvalue weighted by Crippen LogP contribution is -2.05. The number of rotatable bonds is 3. The molecule has 1 atom stereocenters. The topological polar surface area (TPSA) is 26.3 Å². The summed E-state index contributed by atoms with van der Waals surface area (Å²) in [5, 5.41) is 0.730. The lowest BCUT2D eigenvalue weighted by molar-refractivity contribution is -0.128. The van der Waals surface area contributed by atoms with E-state index in [0.29, 0.717) is 13.1 Å². The van der Waals surface area contributed by atoms with Crippen LogP contribution in [0.1, 0.15) is 17.0 Å². The van der Waals surface area contributed by atoms with Crippen molar-refractivity contribution in [2.75, 3.05) is 6.61 Å². The predicted octanol–water partition coefficient (Wildman–Crippen LogP) is 2.54. The molecule has 3 heteroatoms. The van der Waals surface area contributed by atoms with E-state index >= 15 is 0 Å². The third-order valence-corrected chi connectivity index (χ3v) is 2.70. The summed E-state index contributed by atoms with van der Waals surface area (Å²) in [7, 11) is 0. The van der Waals surface area contributed by atoms with Crippen LogP contribution in [0, 0.1) is 0 Å². The van der Waals surface area contributed by atoms with E-state index in [9.17, 15) is 4.79 Å². The van der Waals surface area contributed by atoms with Crippen LogP contribution in [0.4, 0.5) is 0 Å². The molecule has 2 rings (SSSR count). The highest BCUT2D eigenvalue weighted by atomic mass is 35.5. The third kappa shape index (κ3) is 1.53. The first kappa shape index (κ1) is 9.28. The minimum Gasteiger partial charge on any atom is -0.467 e. The SMILES string of the molecule is O=COCC1C(Cl)=Cc2ccccc21. The molecule has 14 heavy (non-hydrogen) atoms. The van der Waals surface area contributed by atoms with Gasteiger partial charge in [-0.15, -0.1) is 0 Å². The lowest BCUT2D eigenvalue weighted by atomic mass is 10.0. The maximum atomic E-state index is 10.1. The minimum atomic E-state index is 0.0121. The molecule has 1 aliphatic rings. The van der Waals surface area contributed by atoms with Crippen LogP contribution in [-0.2, 0) is 9.53 Å². The molecule has 72 valence electrons. The predicted molar refractivity (Wildman–Crippen MR) is 55.0 cm³/mol. The van der Waals surface area contributed by atoms with Crippen LogP contribution in [0.5, 0.6) is 0 Å². The fraction of sp³-hybridized carbons (Fsp3) is 0.182. The number of carbonyl (C=O) groups is 1. The standard InChI is InChI=1S/C11H9ClO2/c12-11-5-8-3-1-2-4-9(8)10(11)6-14-7-13/h1-5,7,10H,6H2. The zero-order valence-electron chi connectivity index (χ0n) is 7.44. The van der Waals surface area contributed by atoms with Gasteiger partial charge in [-0.2, -0.15) is 0 Å². The van der Waals surface area contributed by atoms with Crippen molar-refractivity contribution >= 4 is 24.1 Å². The molecule has 0 spiro atoms. The van der Waals surface area contributed by atoms with E-state index in [1.807, 2.05) is 30.3 Å². The molecule has 1 unspecified atom stereocenters. The Morgan fingerprint density at radius 2 is 2.21 bits per heavy atom. The normalized spacial score (nSPS) is 18.6. The molecular weight excluding hydrogens is 200 g/mol. The van der Waals surface area contributed by atoms with Crippen LogP contribution in [-0.4, -0.2) is 13.1 Å². The van der Waals surface area contributed by atoms with Gasteiger partial charge in [0.25, 0.3) is 6.47 Å². The van der Waals surface area contributed by atoms with E-state index in [1.165, 1.54) is 0 Å². The highest BCUT2D eigenvalue weighted by Gasteiger charge is 2.23.